The number of aliphatic hydroxyl groups is 1. The third kappa shape index (κ3) is 5.32. The average Bonchev–Trinajstić information content (AvgIpc) is 2.53. The molecule has 0 saturated carbocycles. The van der Waals surface area contributed by atoms with Gasteiger partial charge in [0.15, 0.2) is 0 Å². The molecule has 0 aliphatic rings. The molecular weight excluding hydrogens is 277 g/mol. The van der Waals surface area contributed by atoms with Gasteiger partial charge >= 0.3 is 6.09 Å². The molecule has 1 amide bonds. The summed E-state index contributed by atoms with van der Waals surface area (Å²) in [4.78, 5) is 17.0. The number of amides is 1. The first-order chi connectivity index (χ1) is 10.1. The van der Waals surface area contributed by atoms with Crippen LogP contribution < -0.4 is 0 Å². The molecule has 0 aliphatic carbocycles. The van der Waals surface area contributed by atoms with E-state index in [1.165, 1.54) is 7.11 Å². The predicted molar refractivity (Wildman–Crippen MR) is 76.2 cm³/mol. The van der Waals surface area contributed by atoms with Crippen molar-refractivity contribution in [3.8, 4) is 0 Å². The van der Waals surface area contributed by atoms with E-state index in [1.54, 1.807) is 0 Å². The van der Waals surface area contributed by atoms with E-state index in [0.717, 1.165) is 10.6 Å². The Balaban J connectivity index is 2.66. The zero-order chi connectivity index (χ0) is 15.7. The van der Waals surface area contributed by atoms with Gasteiger partial charge in [-0.25, -0.2) is 9.18 Å². The Kier molecular flexibility index (Phi) is 7.71. The molecule has 1 aromatic rings. The van der Waals surface area contributed by atoms with Crippen LogP contribution in [0, 0.1) is 0 Å². The largest absolute Gasteiger partial charge is 0.443 e. The molecule has 0 saturated heterocycles. The summed E-state index contributed by atoms with van der Waals surface area (Å²) in [5, 5.41) is 9.81. The number of rotatable bonds is 8. The van der Waals surface area contributed by atoms with Crippen molar-refractivity contribution in [2.45, 2.75) is 38.6 Å². The van der Waals surface area contributed by atoms with Gasteiger partial charge < -0.3 is 9.84 Å². The lowest BCUT2D eigenvalue weighted by molar-refractivity contribution is -0.157. The van der Waals surface area contributed by atoms with Crippen molar-refractivity contribution in [1.29, 1.82) is 0 Å². The third-order valence-electron chi connectivity index (χ3n) is 3.06. The molecule has 118 valence electrons. The van der Waals surface area contributed by atoms with Gasteiger partial charge in [-0.2, -0.15) is 5.06 Å². The summed E-state index contributed by atoms with van der Waals surface area (Å²) in [5.41, 5.74) is 0.827. The van der Waals surface area contributed by atoms with E-state index in [2.05, 4.69) is 0 Å². The van der Waals surface area contributed by atoms with E-state index in [9.17, 15) is 9.18 Å². The fraction of sp³-hybridized carbons (Fsp3) is 0.533. The summed E-state index contributed by atoms with van der Waals surface area (Å²) < 4.78 is 18.9. The first kappa shape index (κ1) is 17.4. The maximum Gasteiger partial charge on any atom is 0.434 e. The standard InChI is InChI=1S/C15H22FNO4/c1-3-7-14(13(16)10-18)17(20-2)15(19)21-11-12-8-5-4-6-9-12/h4-6,8-9,13-14,18H,3,7,10-11H2,1-2H3/t13-,14-/m1/s1. The van der Waals surface area contributed by atoms with Crippen LogP contribution in [0.2, 0.25) is 0 Å². The lowest BCUT2D eigenvalue weighted by Gasteiger charge is -2.30. The lowest BCUT2D eigenvalue weighted by atomic mass is 10.1. The van der Waals surface area contributed by atoms with Crippen LogP contribution in [0.15, 0.2) is 30.3 Å². The fourth-order valence-electron chi connectivity index (χ4n) is 1.99. The van der Waals surface area contributed by atoms with E-state index in [1.807, 2.05) is 37.3 Å². The van der Waals surface area contributed by atoms with Gasteiger partial charge in [0.05, 0.1) is 19.8 Å². The van der Waals surface area contributed by atoms with Crippen molar-refractivity contribution in [2.75, 3.05) is 13.7 Å². The molecule has 5 nitrogen and oxygen atoms in total. The molecule has 0 radical (unpaired) electrons. The highest BCUT2D eigenvalue weighted by Crippen LogP contribution is 2.16. The Hall–Kier alpha value is -1.66. The van der Waals surface area contributed by atoms with Crippen molar-refractivity contribution in [2.24, 2.45) is 0 Å². The molecule has 0 bridgehead atoms. The van der Waals surface area contributed by atoms with Crippen LogP contribution >= 0.6 is 0 Å². The normalized spacial score (nSPS) is 13.5. The van der Waals surface area contributed by atoms with Crippen molar-refractivity contribution >= 4 is 6.09 Å². The number of nitrogens with zero attached hydrogens (tertiary/aromatic N) is 1. The maximum absolute atomic E-state index is 13.8. The first-order valence-corrected chi connectivity index (χ1v) is 6.93. The van der Waals surface area contributed by atoms with Crippen LogP contribution in [0.25, 0.3) is 0 Å². The van der Waals surface area contributed by atoms with Crippen LogP contribution in [0.4, 0.5) is 9.18 Å². The lowest BCUT2D eigenvalue weighted by Crippen LogP contribution is -2.46. The van der Waals surface area contributed by atoms with Gasteiger partial charge in [-0.1, -0.05) is 43.7 Å². The summed E-state index contributed by atoms with van der Waals surface area (Å²) in [7, 11) is 1.27. The van der Waals surface area contributed by atoms with E-state index in [-0.39, 0.29) is 6.61 Å². The molecule has 0 aliphatic heterocycles. The fourth-order valence-corrected chi connectivity index (χ4v) is 1.99. The number of alkyl halides is 1. The quantitative estimate of drug-likeness (QED) is 0.750. The predicted octanol–water partition coefficient (Wildman–Crippen LogP) is 2.69. The molecular formula is C15H22FNO4. The topological polar surface area (TPSA) is 59.0 Å². The highest BCUT2D eigenvalue weighted by Gasteiger charge is 2.31. The average molecular weight is 299 g/mol. The minimum atomic E-state index is -1.57. The second-order valence-electron chi connectivity index (χ2n) is 4.60. The minimum absolute atomic E-state index is 0.0778. The molecule has 1 N–H and O–H groups in total. The Labute approximate surface area is 124 Å². The van der Waals surface area contributed by atoms with Crippen LogP contribution in [0.3, 0.4) is 0 Å². The number of benzene rings is 1. The number of hydroxylamine groups is 2. The van der Waals surface area contributed by atoms with Gasteiger partial charge in [-0.3, -0.25) is 4.84 Å². The zero-order valence-corrected chi connectivity index (χ0v) is 12.4. The molecule has 0 fully saturated rings. The van der Waals surface area contributed by atoms with E-state index in [4.69, 9.17) is 14.7 Å². The summed E-state index contributed by atoms with van der Waals surface area (Å²) >= 11 is 0. The SMILES string of the molecule is CCC[C@H]([C@H](F)CO)N(OC)C(=O)OCc1ccccc1. The second kappa shape index (κ2) is 9.31. The molecule has 2 atom stereocenters. The van der Waals surface area contributed by atoms with Gasteiger partial charge in [0, 0.05) is 0 Å². The molecule has 6 heteroatoms. The number of hydrogen-bond acceptors (Lipinski definition) is 4. The van der Waals surface area contributed by atoms with Crippen LogP contribution in [-0.4, -0.2) is 42.2 Å². The van der Waals surface area contributed by atoms with Crippen LogP contribution in [-0.2, 0) is 16.2 Å². The zero-order valence-electron chi connectivity index (χ0n) is 12.4. The smallest absolute Gasteiger partial charge is 0.434 e. The summed E-state index contributed by atoms with van der Waals surface area (Å²) in [6.45, 7) is 1.27. The first-order valence-electron chi connectivity index (χ1n) is 6.93. The monoisotopic (exact) mass is 299 g/mol. The van der Waals surface area contributed by atoms with Gasteiger partial charge in [-0.15, -0.1) is 0 Å². The second-order valence-corrected chi connectivity index (χ2v) is 4.60. The summed E-state index contributed by atoms with van der Waals surface area (Å²) in [6.07, 6.45) is -1.32. The van der Waals surface area contributed by atoms with Gasteiger partial charge in [0.1, 0.15) is 12.8 Å². The summed E-state index contributed by atoms with van der Waals surface area (Å²) in [6, 6.07) is 8.30. The van der Waals surface area contributed by atoms with E-state index in [0.29, 0.717) is 12.8 Å². The Morgan fingerprint density at radius 3 is 2.57 bits per heavy atom. The summed E-state index contributed by atoms with van der Waals surface area (Å²) in [5.74, 6) is 0. The number of aliphatic hydroxyl groups excluding tert-OH is 1. The number of halogens is 1. The molecule has 0 aromatic heterocycles. The van der Waals surface area contributed by atoms with Crippen molar-refractivity contribution < 1.29 is 23.9 Å². The Bertz CT molecular complexity index is 415. The molecule has 1 rings (SSSR count). The Morgan fingerprint density at radius 1 is 1.38 bits per heavy atom. The Morgan fingerprint density at radius 2 is 2.05 bits per heavy atom. The van der Waals surface area contributed by atoms with Gasteiger partial charge in [-0.05, 0) is 12.0 Å². The molecule has 0 spiro atoms. The highest BCUT2D eigenvalue weighted by molar-refractivity contribution is 5.66. The van der Waals surface area contributed by atoms with Gasteiger partial charge in [0.25, 0.3) is 0 Å². The van der Waals surface area contributed by atoms with Crippen molar-refractivity contribution in [1.82, 2.24) is 5.06 Å². The number of carbonyl (C=O) groups is 1. The van der Waals surface area contributed by atoms with Crippen LogP contribution in [0.1, 0.15) is 25.3 Å². The van der Waals surface area contributed by atoms with E-state index >= 15 is 0 Å². The molecule has 21 heavy (non-hydrogen) atoms. The highest BCUT2D eigenvalue weighted by atomic mass is 19.1. The number of ether oxygens (including phenoxy) is 1. The maximum atomic E-state index is 13.8. The van der Waals surface area contributed by atoms with Gasteiger partial charge in [0.2, 0.25) is 0 Å². The minimum Gasteiger partial charge on any atom is -0.443 e. The van der Waals surface area contributed by atoms with Crippen molar-refractivity contribution in [3.63, 3.8) is 0 Å². The number of carbonyl (C=O) groups excluding carboxylic acids is 1. The van der Waals surface area contributed by atoms with Crippen LogP contribution in [0.5, 0.6) is 0 Å². The molecule has 0 heterocycles. The molecule has 1 aromatic carbocycles. The van der Waals surface area contributed by atoms with Crippen molar-refractivity contribution in [3.05, 3.63) is 35.9 Å². The molecule has 0 unspecified atom stereocenters. The number of hydrogen-bond donors (Lipinski definition) is 1. The van der Waals surface area contributed by atoms with E-state index < -0.39 is 24.9 Å². The third-order valence-corrected chi connectivity index (χ3v) is 3.06.